The summed E-state index contributed by atoms with van der Waals surface area (Å²) in [6, 6.07) is 0. The molecule has 0 saturated carbocycles. The Bertz CT molecular complexity index is 271. The van der Waals surface area contributed by atoms with Gasteiger partial charge in [-0.05, 0) is 45.6 Å². The van der Waals surface area contributed by atoms with E-state index in [9.17, 15) is 4.79 Å². The van der Waals surface area contributed by atoms with Gasteiger partial charge in [0.1, 0.15) is 0 Å². The topological polar surface area (TPSA) is 17.1 Å². The molecule has 14 heavy (non-hydrogen) atoms. The maximum atomic E-state index is 11.7. The average molecular weight is 192 g/mol. The Labute approximate surface area is 86.9 Å². The molecule has 0 heterocycles. The number of allylic oxidation sites excluding steroid dienone is 4. The number of ketones is 1. The summed E-state index contributed by atoms with van der Waals surface area (Å²) in [5.74, 6) is 0.489. The SMILES string of the molecule is C/C1=C/C(=O)C(C)CC/C(C)=C\CC1. The molecule has 1 heteroatoms. The molecule has 0 spiro atoms. The van der Waals surface area contributed by atoms with E-state index in [1.54, 1.807) is 0 Å². The van der Waals surface area contributed by atoms with Crippen LogP contribution in [0.2, 0.25) is 0 Å². The molecule has 1 aliphatic carbocycles. The second-order valence-electron chi connectivity index (χ2n) is 4.42. The Morgan fingerprint density at radius 2 is 1.93 bits per heavy atom. The molecule has 1 rings (SSSR count). The van der Waals surface area contributed by atoms with Gasteiger partial charge in [0.05, 0.1) is 0 Å². The second-order valence-corrected chi connectivity index (χ2v) is 4.42. The molecule has 0 saturated heterocycles. The molecule has 0 radical (unpaired) electrons. The lowest BCUT2D eigenvalue weighted by molar-refractivity contribution is -0.117. The van der Waals surface area contributed by atoms with E-state index in [1.165, 1.54) is 11.1 Å². The first-order valence-electron chi connectivity index (χ1n) is 5.46. The summed E-state index contributed by atoms with van der Waals surface area (Å²) in [6.45, 7) is 6.24. The van der Waals surface area contributed by atoms with E-state index < -0.39 is 0 Å². The molecule has 0 aromatic heterocycles. The van der Waals surface area contributed by atoms with Crippen molar-refractivity contribution < 1.29 is 4.79 Å². The van der Waals surface area contributed by atoms with Crippen LogP contribution in [0.1, 0.15) is 46.5 Å². The third-order valence-corrected chi connectivity index (χ3v) is 2.88. The predicted molar refractivity (Wildman–Crippen MR) is 60.2 cm³/mol. The first kappa shape index (κ1) is 11.2. The molecule has 0 aromatic carbocycles. The van der Waals surface area contributed by atoms with Crippen molar-refractivity contribution in [1.29, 1.82) is 0 Å². The zero-order valence-corrected chi connectivity index (χ0v) is 9.47. The fourth-order valence-corrected chi connectivity index (χ4v) is 1.69. The van der Waals surface area contributed by atoms with E-state index in [4.69, 9.17) is 0 Å². The van der Waals surface area contributed by atoms with Gasteiger partial charge in [-0.3, -0.25) is 4.79 Å². The van der Waals surface area contributed by atoms with Crippen molar-refractivity contribution in [3.63, 3.8) is 0 Å². The maximum Gasteiger partial charge on any atom is 0.158 e. The number of hydrogen-bond acceptors (Lipinski definition) is 1. The van der Waals surface area contributed by atoms with Crippen molar-refractivity contribution in [2.45, 2.75) is 46.5 Å². The van der Waals surface area contributed by atoms with Crippen molar-refractivity contribution in [1.82, 2.24) is 0 Å². The highest BCUT2D eigenvalue weighted by molar-refractivity contribution is 5.92. The molecular weight excluding hydrogens is 172 g/mol. The lowest BCUT2D eigenvalue weighted by Crippen LogP contribution is -2.09. The molecule has 0 aliphatic heterocycles. The van der Waals surface area contributed by atoms with Crippen LogP contribution in [0.25, 0.3) is 0 Å². The molecule has 1 aliphatic rings. The van der Waals surface area contributed by atoms with E-state index in [0.29, 0.717) is 5.78 Å². The average Bonchev–Trinajstić information content (AvgIpc) is 2.12. The second kappa shape index (κ2) is 5.14. The summed E-state index contributed by atoms with van der Waals surface area (Å²) >= 11 is 0. The lowest BCUT2D eigenvalue weighted by Gasteiger charge is -2.11. The Balaban J connectivity index is 2.74. The minimum absolute atomic E-state index is 0.186. The monoisotopic (exact) mass is 192 g/mol. The molecule has 0 N–H and O–H groups in total. The smallest absolute Gasteiger partial charge is 0.158 e. The number of carbonyl (C=O) groups is 1. The Hall–Kier alpha value is -0.850. The summed E-state index contributed by atoms with van der Waals surface area (Å²) in [5, 5.41) is 0. The van der Waals surface area contributed by atoms with Gasteiger partial charge < -0.3 is 0 Å². The van der Waals surface area contributed by atoms with E-state index in [-0.39, 0.29) is 5.92 Å². The van der Waals surface area contributed by atoms with Crippen molar-refractivity contribution in [3.05, 3.63) is 23.3 Å². The van der Waals surface area contributed by atoms with Gasteiger partial charge in [-0.1, -0.05) is 24.1 Å². The third kappa shape index (κ3) is 3.49. The van der Waals surface area contributed by atoms with Crippen LogP contribution in [0, 0.1) is 5.92 Å². The molecule has 1 unspecified atom stereocenters. The fourth-order valence-electron chi connectivity index (χ4n) is 1.69. The summed E-state index contributed by atoms with van der Waals surface area (Å²) in [4.78, 5) is 11.7. The third-order valence-electron chi connectivity index (χ3n) is 2.88. The van der Waals surface area contributed by atoms with Gasteiger partial charge in [0, 0.05) is 5.92 Å². The fraction of sp³-hybridized carbons (Fsp3) is 0.615. The van der Waals surface area contributed by atoms with Crippen LogP contribution in [0.3, 0.4) is 0 Å². The minimum atomic E-state index is 0.186. The summed E-state index contributed by atoms with van der Waals surface area (Å²) in [5.41, 5.74) is 2.65. The first-order valence-corrected chi connectivity index (χ1v) is 5.46. The Kier molecular flexibility index (Phi) is 4.12. The van der Waals surface area contributed by atoms with Gasteiger partial charge >= 0.3 is 0 Å². The normalized spacial score (nSPS) is 32.8. The summed E-state index contributed by atoms with van der Waals surface area (Å²) < 4.78 is 0. The molecule has 1 nitrogen and oxygen atoms in total. The van der Waals surface area contributed by atoms with Gasteiger partial charge in [0.15, 0.2) is 5.78 Å². The van der Waals surface area contributed by atoms with Gasteiger partial charge in [-0.2, -0.15) is 0 Å². The molecule has 0 fully saturated rings. The molecule has 1 atom stereocenters. The van der Waals surface area contributed by atoms with Crippen molar-refractivity contribution >= 4 is 5.78 Å². The highest BCUT2D eigenvalue weighted by atomic mass is 16.1. The number of rotatable bonds is 0. The number of carbonyl (C=O) groups excluding carboxylic acids is 1. The minimum Gasteiger partial charge on any atom is -0.295 e. The lowest BCUT2D eigenvalue weighted by atomic mass is 9.94. The van der Waals surface area contributed by atoms with Crippen molar-refractivity contribution in [2.24, 2.45) is 5.92 Å². The number of hydrogen-bond donors (Lipinski definition) is 0. The van der Waals surface area contributed by atoms with Crippen LogP contribution in [0.4, 0.5) is 0 Å². The van der Waals surface area contributed by atoms with Gasteiger partial charge in [-0.15, -0.1) is 0 Å². The van der Waals surface area contributed by atoms with Crippen molar-refractivity contribution in [3.8, 4) is 0 Å². The Morgan fingerprint density at radius 1 is 1.21 bits per heavy atom. The van der Waals surface area contributed by atoms with E-state index in [0.717, 1.165) is 25.7 Å². The zero-order valence-electron chi connectivity index (χ0n) is 9.47. The molecular formula is C13H20O. The maximum absolute atomic E-state index is 11.7. The Morgan fingerprint density at radius 3 is 2.64 bits per heavy atom. The summed E-state index contributed by atoms with van der Waals surface area (Å²) in [7, 11) is 0. The molecule has 0 aromatic rings. The summed E-state index contributed by atoms with van der Waals surface area (Å²) in [6.07, 6.45) is 8.30. The van der Waals surface area contributed by atoms with Crippen LogP contribution in [-0.2, 0) is 4.79 Å². The van der Waals surface area contributed by atoms with E-state index in [1.807, 2.05) is 13.0 Å². The highest BCUT2D eigenvalue weighted by Crippen LogP contribution is 2.18. The van der Waals surface area contributed by atoms with Crippen LogP contribution in [0.5, 0.6) is 0 Å². The van der Waals surface area contributed by atoms with Crippen LogP contribution in [0.15, 0.2) is 23.3 Å². The molecule has 0 bridgehead atoms. The van der Waals surface area contributed by atoms with Crippen LogP contribution < -0.4 is 0 Å². The zero-order chi connectivity index (χ0) is 10.6. The van der Waals surface area contributed by atoms with Gasteiger partial charge in [-0.25, -0.2) is 0 Å². The van der Waals surface area contributed by atoms with E-state index in [2.05, 4.69) is 19.9 Å². The molecule has 0 amide bonds. The van der Waals surface area contributed by atoms with Gasteiger partial charge in [0.2, 0.25) is 0 Å². The van der Waals surface area contributed by atoms with Gasteiger partial charge in [0.25, 0.3) is 0 Å². The van der Waals surface area contributed by atoms with E-state index >= 15 is 0 Å². The van der Waals surface area contributed by atoms with Crippen LogP contribution in [-0.4, -0.2) is 5.78 Å². The standard InChI is InChI=1S/C13H20O/c1-10-5-4-6-11(2)9-13(14)12(3)8-7-10/h5,9,12H,4,6-8H2,1-3H3/b10-5-,11-9-. The molecule has 78 valence electrons. The largest absolute Gasteiger partial charge is 0.295 e. The van der Waals surface area contributed by atoms with Crippen LogP contribution >= 0.6 is 0 Å². The first-order chi connectivity index (χ1) is 6.59. The predicted octanol–water partition coefficient (Wildman–Crippen LogP) is 3.66. The van der Waals surface area contributed by atoms with Crippen molar-refractivity contribution in [2.75, 3.05) is 0 Å². The highest BCUT2D eigenvalue weighted by Gasteiger charge is 2.11. The quantitative estimate of drug-likeness (QED) is 0.535.